The maximum atomic E-state index is 6.02. The zero-order valence-electron chi connectivity index (χ0n) is 12.1. The minimum atomic E-state index is 0.236. The molecule has 4 heteroatoms. The van der Waals surface area contributed by atoms with Crippen LogP contribution in [-0.2, 0) is 6.42 Å². The monoisotopic (exact) mass is 258 g/mol. The maximum Gasteiger partial charge on any atom is 0.148 e. The van der Waals surface area contributed by atoms with Crippen molar-refractivity contribution in [3.63, 3.8) is 0 Å². The molecule has 19 heavy (non-hydrogen) atoms. The van der Waals surface area contributed by atoms with Gasteiger partial charge in [0.2, 0.25) is 0 Å². The Morgan fingerprint density at radius 3 is 2.53 bits per heavy atom. The maximum absolute atomic E-state index is 6.02. The van der Waals surface area contributed by atoms with Crippen molar-refractivity contribution in [3.8, 4) is 5.69 Å². The van der Waals surface area contributed by atoms with Crippen molar-refractivity contribution in [2.45, 2.75) is 46.6 Å². The Hall–Kier alpha value is -1.68. The predicted molar refractivity (Wildman–Crippen MR) is 77.5 cm³/mol. The molecule has 1 atom stereocenters. The smallest absolute Gasteiger partial charge is 0.148 e. The molecule has 1 aromatic carbocycles. The highest BCUT2D eigenvalue weighted by atomic mass is 15.3. The molecule has 0 bridgehead atoms. The van der Waals surface area contributed by atoms with Gasteiger partial charge in [-0.15, -0.1) is 0 Å². The van der Waals surface area contributed by atoms with Gasteiger partial charge < -0.3 is 5.73 Å². The highest BCUT2D eigenvalue weighted by molar-refractivity contribution is 5.40. The summed E-state index contributed by atoms with van der Waals surface area (Å²) in [4.78, 5) is 4.33. The lowest BCUT2D eigenvalue weighted by Crippen LogP contribution is -2.21. The van der Waals surface area contributed by atoms with Gasteiger partial charge in [-0.2, -0.15) is 5.10 Å². The van der Waals surface area contributed by atoms with Crippen LogP contribution in [0.5, 0.6) is 0 Å². The van der Waals surface area contributed by atoms with E-state index in [0.717, 1.165) is 30.2 Å². The lowest BCUT2D eigenvalue weighted by atomic mass is 10.00. The van der Waals surface area contributed by atoms with Crippen LogP contribution in [0.25, 0.3) is 5.69 Å². The van der Waals surface area contributed by atoms with Gasteiger partial charge in [0.05, 0.1) is 5.69 Å². The number of nitrogens with zero attached hydrogens (tertiary/aromatic N) is 3. The van der Waals surface area contributed by atoms with Gasteiger partial charge in [0, 0.05) is 6.04 Å². The number of rotatable bonds is 4. The first kappa shape index (κ1) is 13.7. The summed E-state index contributed by atoms with van der Waals surface area (Å²) < 4.78 is 1.88. The second-order valence-electron chi connectivity index (χ2n) is 5.10. The second-order valence-corrected chi connectivity index (χ2v) is 5.10. The number of hydrogen-bond donors (Lipinski definition) is 1. The van der Waals surface area contributed by atoms with Gasteiger partial charge in [0.1, 0.15) is 11.6 Å². The molecule has 2 rings (SSSR count). The molecule has 0 radical (unpaired) electrons. The highest BCUT2D eigenvalue weighted by Crippen LogP contribution is 2.17. The Labute approximate surface area is 114 Å². The van der Waals surface area contributed by atoms with Gasteiger partial charge in [-0.3, -0.25) is 0 Å². The summed E-state index contributed by atoms with van der Waals surface area (Å²) >= 11 is 0. The molecule has 0 aliphatic heterocycles. The molecule has 1 unspecified atom stereocenters. The molecule has 0 spiro atoms. The van der Waals surface area contributed by atoms with Gasteiger partial charge in [-0.1, -0.05) is 13.0 Å². The van der Waals surface area contributed by atoms with Crippen LogP contribution in [0.15, 0.2) is 18.2 Å². The van der Waals surface area contributed by atoms with E-state index in [2.05, 4.69) is 42.1 Å². The fourth-order valence-corrected chi connectivity index (χ4v) is 2.23. The van der Waals surface area contributed by atoms with Crippen LogP contribution in [0.2, 0.25) is 0 Å². The average molecular weight is 258 g/mol. The van der Waals surface area contributed by atoms with Crippen molar-refractivity contribution < 1.29 is 0 Å². The fourth-order valence-electron chi connectivity index (χ4n) is 2.23. The standard InChI is InChI=1S/C15H22N4/c1-5-14(16)9-13-6-7-15(8-10(13)2)19-12(4)17-11(3)18-19/h6-8,14H,5,9,16H2,1-4H3. The Morgan fingerprint density at radius 2 is 2.00 bits per heavy atom. The summed E-state index contributed by atoms with van der Waals surface area (Å²) in [6.45, 7) is 8.12. The molecular weight excluding hydrogens is 236 g/mol. The molecule has 2 aromatic rings. The van der Waals surface area contributed by atoms with Crippen LogP contribution in [0.4, 0.5) is 0 Å². The number of aryl methyl sites for hydroxylation is 3. The van der Waals surface area contributed by atoms with E-state index in [0.29, 0.717) is 0 Å². The van der Waals surface area contributed by atoms with Crippen molar-refractivity contribution in [1.82, 2.24) is 14.8 Å². The van der Waals surface area contributed by atoms with E-state index < -0.39 is 0 Å². The van der Waals surface area contributed by atoms with Gasteiger partial charge in [-0.05, 0) is 56.9 Å². The molecule has 0 saturated carbocycles. The van der Waals surface area contributed by atoms with Crippen molar-refractivity contribution in [3.05, 3.63) is 41.0 Å². The first-order valence-electron chi connectivity index (χ1n) is 6.77. The van der Waals surface area contributed by atoms with E-state index in [9.17, 15) is 0 Å². The van der Waals surface area contributed by atoms with E-state index in [1.807, 2.05) is 18.5 Å². The largest absolute Gasteiger partial charge is 0.327 e. The SMILES string of the molecule is CCC(N)Cc1ccc(-n2nc(C)nc2C)cc1C. The van der Waals surface area contributed by atoms with Gasteiger partial charge in [0.15, 0.2) is 0 Å². The summed E-state index contributed by atoms with van der Waals surface area (Å²) in [6, 6.07) is 6.63. The average Bonchev–Trinajstić information content (AvgIpc) is 2.71. The van der Waals surface area contributed by atoms with E-state index in [1.54, 1.807) is 0 Å². The third kappa shape index (κ3) is 3.01. The zero-order valence-corrected chi connectivity index (χ0v) is 12.1. The van der Waals surface area contributed by atoms with Gasteiger partial charge in [-0.25, -0.2) is 9.67 Å². The molecule has 0 aliphatic rings. The predicted octanol–water partition coefficient (Wildman–Crippen LogP) is 2.47. The summed E-state index contributed by atoms with van der Waals surface area (Å²) in [5, 5.41) is 4.41. The molecule has 1 aromatic heterocycles. The molecular formula is C15H22N4. The van der Waals surface area contributed by atoms with E-state index in [-0.39, 0.29) is 6.04 Å². The normalized spacial score (nSPS) is 12.7. The second kappa shape index (κ2) is 5.53. The van der Waals surface area contributed by atoms with Crippen molar-refractivity contribution in [1.29, 1.82) is 0 Å². The molecule has 2 N–H and O–H groups in total. The van der Waals surface area contributed by atoms with E-state index >= 15 is 0 Å². The highest BCUT2D eigenvalue weighted by Gasteiger charge is 2.08. The molecule has 0 amide bonds. The molecule has 102 valence electrons. The quantitative estimate of drug-likeness (QED) is 0.916. The third-order valence-electron chi connectivity index (χ3n) is 3.45. The summed E-state index contributed by atoms with van der Waals surface area (Å²) in [5.41, 5.74) is 9.65. The van der Waals surface area contributed by atoms with Crippen molar-refractivity contribution >= 4 is 0 Å². The molecule has 0 saturated heterocycles. The minimum absolute atomic E-state index is 0.236. The fraction of sp³-hybridized carbons (Fsp3) is 0.467. The minimum Gasteiger partial charge on any atom is -0.327 e. The number of nitrogens with two attached hydrogens (primary N) is 1. The Bertz CT molecular complexity index is 572. The van der Waals surface area contributed by atoms with E-state index in [1.165, 1.54) is 11.1 Å². The van der Waals surface area contributed by atoms with Gasteiger partial charge >= 0.3 is 0 Å². The third-order valence-corrected chi connectivity index (χ3v) is 3.45. The molecule has 0 aliphatic carbocycles. The molecule has 0 fully saturated rings. The van der Waals surface area contributed by atoms with Crippen LogP contribution in [0, 0.1) is 20.8 Å². The van der Waals surface area contributed by atoms with Crippen LogP contribution in [0.3, 0.4) is 0 Å². The topological polar surface area (TPSA) is 56.7 Å². The lowest BCUT2D eigenvalue weighted by Gasteiger charge is -2.13. The van der Waals surface area contributed by atoms with Crippen LogP contribution >= 0.6 is 0 Å². The Kier molecular flexibility index (Phi) is 4.00. The van der Waals surface area contributed by atoms with Crippen LogP contribution < -0.4 is 5.73 Å². The van der Waals surface area contributed by atoms with E-state index in [4.69, 9.17) is 5.73 Å². The summed E-state index contributed by atoms with van der Waals surface area (Å²) in [5.74, 6) is 1.71. The first-order valence-corrected chi connectivity index (χ1v) is 6.77. The number of benzene rings is 1. The van der Waals surface area contributed by atoms with Crippen molar-refractivity contribution in [2.24, 2.45) is 5.73 Å². The van der Waals surface area contributed by atoms with Gasteiger partial charge in [0.25, 0.3) is 0 Å². The van der Waals surface area contributed by atoms with Crippen LogP contribution in [-0.4, -0.2) is 20.8 Å². The Morgan fingerprint density at radius 1 is 1.26 bits per heavy atom. The number of hydrogen-bond acceptors (Lipinski definition) is 3. The lowest BCUT2D eigenvalue weighted by molar-refractivity contribution is 0.644. The van der Waals surface area contributed by atoms with Crippen LogP contribution in [0.1, 0.15) is 36.1 Å². The zero-order chi connectivity index (χ0) is 14.0. The first-order chi connectivity index (χ1) is 9.01. The summed E-state index contributed by atoms with van der Waals surface area (Å²) in [7, 11) is 0. The number of aromatic nitrogens is 3. The molecule has 1 heterocycles. The Balaban J connectivity index is 2.31. The molecule has 4 nitrogen and oxygen atoms in total. The van der Waals surface area contributed by atoms with Crippen molar-refractivity contribution in [2.75, 3.05) is 0 Å². The summed E-state index contributed by atoms with van der Waals surface area (Å²) in [6.07, 6.45) is 1.93.